The first kappa shape index (κ1) is 22.0. The van der Waals surface area contributed by atoms with Gasteiger partial charge >= 0.3 is 0 Å². The molecule has 0 aliphatic heterocycles. The predicted octanol–water partition coefficient (Wildman–Crippen LogP) is 3.01. The van der Waals surface area contributed by atoms with Crippen LogP contribution in [0, 0.1) is 0 Å². The van der Waals surface area contributed by atoms with E-state index in [0.29, 0.717) is 11.4 Å². The number of benzene rings is 3. The van der Waals surface area contributed by atoms with Gasteiger partial charge in [0, 0.05) is 12.1 Å². The Bertz CT molecular complexity index is 1350. The number of ether oxygens (including phenoxy) is 1. The van der Waals surface area contributed by atoms with E-state index in [0.717, 1.165) is 11.3 Å². The first-order chi connectivity index (χ1) is 16.0. The maximum absolute atomic E-state index is 12.8. The van der Waals surface area contributed by atoms with Gasteiger partial charge in [-0.25, -0.2) is 18.1 Å². The van der Waals surface area contributed by atoms with Gasteiger partial charge in [-0.3, -0.25) is 9.52 Å². The number of sulfonamides is 1. The quantitative estimate of drug-likeness (QED) is 0.415. The molecule has 0 unspecified atom stereocenters. The first-order valence-electron chi connectivity index (χ1n) is 9.94. The topological polar surface area (TPSA) is 115 Å². The largest absolute Gasteiger partial charge is 0.495 e. The summed E-state index contributed by atoms with van der Waals surface area (Å²) in [6.07, 6.45) is 3.05. The molecule has 1 aromatic heterocycles. The van der Waals surface area contributed by atoms with E-state index in [1.165, 1.54) is 31.6 Å². The summed E-state index contributed by atoms with van der Waals surface area (Å²) in [4.78, 5) is 16.5. The number of amides is 1. The van der Waals surface area contributed by atoms with E-state index < -0.39 is 10.0 Å². The van der Waals surface area contributed by atoms with Crippen LogP contribution in [0.1, 0.15) is 15.9 Å². The Morgan fingerprint density at radius 3 is 2.55 bits per heavy atom. The number of aromatic nitrogens is 3. The lowest BCUT2D eigenvalue weighted by Crippen LogP contribution is -2.23. The van der Waals surface area contributed by atoms with Crippen LogP contribution in [0.15, 0.2) is 90.3 Å². The van der Waals surface area contributed by atoms with E-state index in [-0.39, 0.29) is 22.9 Å². The van der Waals surface area contributed by atoms with Gasteiger partial charge in [0.05, 0.1) is 23.4 Å². The minimum absolute atomic E-state index is 0.0294. The molecule has 10 heteroatoms. The van der Waals surface area contributed by atoms with Crippen molar-refractivity contribution in [1.29, 1.82) is 0 Å². The molecular formula is C23H21N5O4S. The Balaban J connectivity index is 1.44. The molecule has 4 rings (SSSR count). The zero-order chi connectivity index (χ0) is 23.3. The molecule has 1 amide bonds. The van der Waals surface area contributed by atoms with Gasteiger partial charge in [-0.1, -0.05) is 30.3 Å². The van der Waals surface area contributed by atoms with Crippen molar-refractivity contribution in [2.24, 2.45) is 0 Å². The number of hydrogen-bond acceptors (Lipinski definition) is 6. The van der Waals surface area contributed by atoms with E-state index in [1.807, 2.05) is 24.3 Å². The number of nitrogens with one attached hydrogen (secondary N) is 2. The zero-order valence-electron chi connectivity index (χ0n) is 17.7. The average Bonchev–Trinajstić information content (AvgIpc) is 3.38. The molecule has 0 fully saturated rings. The van der Waals surface area contributed by atoms with E-state index in [4.69, 9.17) is 4.74 Å². The molecule has 2 N–H and O–H groups in total. The number of carbonyl (C=O) groups is 1. The van der Waals surface area contributed by atoms with Gasteiger partial charge < -0.3 is 10.1 Å². The molecule has 1 heterocycles. The Kier molecular flexibility index (Phi) is 6.36. The van der Waals surface area contributed by atoms with Gasteiger partial charge in [0.25, 0.3) is 15.9 Å². The minimum Gasteiger partial charge on any atom is -0.495 e. The third kappa shape index (κ3) is 5.18. The Hall–Kier alpha value is -4.18. The second-order valence-corrected chi connectivity index (χ2v) is 8.71. The van der Waals surface area contributed by atoms with Crippen molar-refractivity contribution in [3.63, 3.8) is 0 Å². The Morgan fingerprint density at radius 2 is 1.82 bits per heavy atom. The number of carbonyl (C=O) groups excluding carboxylic acids is 1. The van der Waals surface area contributed by atoms with Crippen LogP contribution in [0.4, 0.5) is 5.69 Å². The lowest BCUT2D eigenvalue weighted by Gasteiger charge is -2.12. The monoisotopic (exact) mass is 463 g/mol. The summed E-state index contributed by atoms with van der Waals surface area (Å²) >= 11 is 0. The molecule has 0 saturated carbocycles. The van der Waals surface area contributed by atoms with E-state index >= 15 is 0 Å². The van der Waals surface area contributed by atoms with Gasteiger partial charge in [0.1, 0.15) is 18.4 Å². The van der Waals surface area contributed by atoms with Crippen LogP contribution in [-0.2, 0) is 16.6 Å². The highest BCUT2D eigenvalue weighted by Crippen LogP contribution is 2.26. The summed E-state index contributed by atoms with van der Waals surface area (Å²) < 4.78 is 35.0. The number of hydrogen-bond donors (Lipinski definition) is 2. The zero-order valence-corrected chi connectivity index (χ0v) is 18.5. The molecule has 0 atom stereocenters. The van der Waals surface area contributed by atoms with E-state index in [2.05, 4.69) is 20.1 Å². The average molecular weight is 464 g/mol. The number of nitrogens with zero attached hydrogens (tertiary/aromatic N) is 3. The number of methoxy groups -OCH3 is 1. The standard InChI is InChI=1S/C23H21N5O4S/c1-32-22-8-3-2-7-21(22)27-33(30,31)20-6-4-5-18(13-20)23(29)25-14-17-9-11-19(12-10-17)28-16-24-15-26-28/h2-13,15-16,27H,14H2,1H3,(H,25,29). The van der Waals surface area contributed by atoms with Crippen LogP contribution in [-0.4, -0.2) is 36.2 Å². The van der Waals surface area contributed by atoms with Gasteiger partial charge in [0.15, 0.2) is 0 Å². The summed E-state index contributed by atoms with van der Waals surface area (Å²) in [5, 5.41) is 6.88. The molecule has 9 nitrogen and oxygen atoms in total. The minimum atomic E-state index is -3.92. The SMILES string of the molecule is COc1ccccc1NS(=O)(=O)c1cccc(C(=O)NCc2ccc(-n3cncn3)cc2)c1. The predicted molar refractivity (Wildman–Crippen MR) is 123 cm³/mol. The fourth-order valence-electron chi connectivity index (χ4n) is 3.13. The maximum atomic E-state index is 12.8. The Labute approximate surface area is 191 Å². The molecule has 0 aliphatic carbocycles. The van der Waals surface area contributed by atoms with Crippen molar-refractivity contribution in [1.82, 2.24) is 20.1 Å². The molecule has 3 aromatic carbocycles. The summed E-state index contributed by atoms with van der Waals surface area (Å²) in [5.74, 6) is 0.00880. The molecule has 0 radical (unpaired) electrons. The third-order valence-electron chi connectivity index (χ3n) is 4.83. The molecule has 0 bridgehead atoms. The van der Waals surface area contributed by atoms with Crippen molar-refractivity contribution >= 4 is 21.6 Å². The van der Waals surface area contributed by atoms with Gasteiger partial charge in [-0.15, -0.1) is 0 Å². The van der Waals surface area contributed by atoms with Crippen molar-refractivity contribution in [2.45, 2.75) is 11.4 Å². The third-order valence-corrected chi connectivity index (χ3v) is 6.19. The van der Waals surface area contributed by atoms with Crippen molar-refractivity contribution < 1.29 is 17.9 Å². The molecule has 0 saturated heterocycles. The Morgan fingerprint density at radius 1 is 1.03 bits per heavy atom. The second kappa shape index (κ2) is 9.53. The van der Waals surface area contributed by atoms with Crippen LogP contribution in [0.3, 0.4) is 0 Å². The fraction of sp³-hybridized carbons (Fsp3) is 0.0870. The number of para-hydroxylation sites is 2. The van der Waals surface area contributed by atoms with Crippen LogP contribution < -0.4 is 14.8 Å². The smallest absolute Gasteiger partial charge is 0.262 e. The molecule has 168 valence electrons. The summed E-state index contributed by atoms with van der Waals surface area (Å²) in [7, 11) is -2.46. The van der Waals surface area contributed by atoms with Crippen molar-refractivity contribution in [3.05, 3.63) is 96.6 Å². The number of anilines is 1. The summed E-state index contributed by atoms with van der Waals surface area (Å²) in [6, 6.07) is 20.0. The van der Waals surface area contributed by atoms with Crippen LogP contribution >= 0.6 is 0 Å². The molecule has 4 aromatic rings. The van der Waals surface area contributed by atoms with E-state index in [9.17, 15) is 13.2 Å². The second-order valence-electron chi connectivity index (χ2n) is 7.02. The lowest BCUT2D eigenvalue weighted by molar-refractivity contribution is 0.0950. The van der Waals surface area contributed by atoms with Crippen LogP contribution in [0.5, 0.6) is 5.75 Å². The number of rotatable bonds is 8. The molecule has 33 heavy (non-hydrogen) atoms. The lowest BCUT2D eigenvalue weighted by atomic mass is 10.2. The van der Waals surface area contributed by atoms with E-state index in [1.54, 1.807) is 41.3 Å². The van der Waals surface area contributed by atoms with Crippen molar-refractivity contribution in [2.75, 3.05) is 11.8 Å². The van der Waals surface area contributed by atoms with Gasteiger partial charge in [0.2, 0.25) is 0 Å². The fourth-order valence-corrected chi connectivity index (χ4v) is 4.25. The summed E-state index contributed by atoms with van der Waals surface area (Å²) in [5.41, 5.74) is 2.28. The maximum Gasteiger partial charge on any atom is 0.262 e. The van der Waals surface area contributed by atoms with Gasteiger partial charge in [-0.2, -0.15) is 5.10 Å². The highest BCUT2D eigenvalue weighted by atomic mass is 32.2. The van der Waals surface area contributed by atoms with Crippen LogP contribution in [0.25, 0.3) is 5.69 Å². The highest BCUT2D eigenvalue weighted by Gasteiger charge is 2.18. The molecular weight excluding hydrogens is 442 g/mol. The van der Waals surface area contributed by atoms with Gasteiger partial charge in [-0.05, 0) is 48.0 Å². The summed E-state index contributed by atoms with van der Waals surface area (Å²) in [6.45, 7) is 0.285. The normalized spacial score (nSPS) is 11.1. The molecule has 0 spiro atoms. The molecule has 0 aliphatic rings. The van der Waals surface area contributed by atoms with Crippen LogP contribution in [0.2, 0.25) is 0 Å². The highest BCUT2D eigenvalue weighted by molar-refractivity contribution is 7.92. The first-order valence-corrected chi connectivity index (χ1v) is 11.4. The van der Waals surface area contributed by atoms with Crippen molar-refractivity contribution in [3.8, 4) is 11.4 Å².